The van der Waals surface area contributed by atoms with Crippen LogP contribution in [0, 0.1) is 0 Å². The van der Waals surface area contributed by atoms with E-state index < -0.39 is 26.7 Å². The quantitative estimate of drug-likeness (QED) is 0.638. The molecule has 1 aromatic heterocycles. The van der Waals surface area contributed by atoms with E-state index in [1.807, 2.05) is 29.2 Å². The van der Waals surface area contributed by atoms with Crippen LogP contribution in [-0.4, -0.2) is 43.9 Å². The summed E-state index contributed by atoms with van der Waals surface area (Å²) < 4.78 is 67.5. The van der Waals surface area contributed by atoms with Crippen LogP contribution in [0.4, 0.5) is 18.3 Å². The number of thiazole rings is 1. The van der Waals surface area contributed by atoms with Crippen molar-refractivity contribution in [2.24, 2.45) is 0 Å². The molecule has 2 heterocycles. The van der Waals surface area contributed by atoms with Crippen LogP contribution in [0.5, 0.6) is 0 Å². The molecule has 3 aromatic rings. The Morgan fingerprint density at radius 2 is 1.57 bits per heavy atom. The highest BCUT2D eigenvalue weighted by Crippen LogP contribution is 2.36. The fourth-order valence-electron chi connectivity index (χ4n) is 3.18. The third-order valence-corrected chi connectivity index (χ3v) is 7.66. The molecule has 1 aliphatic rings. The third kappa shape index (κ3) is 3.47. The summed E-state index contributed by atoms with van der Waals surface area (Å²) in [5.74, 6) is 0. The Hall–Kier alpha value is -2.17. The summed E-state index contributed by atoms with van der Waals surface area (Å²) in [7, 11) is -4.24. The van der Waals surface area contributed by atoms with Crippen molar-refractivity contribution in [3.63, 3.8) is 0 Å². The van der Waals surface area contributed by atoms with Crippen molar-refractivity contribution in [2.75, 3.05) is 31.1 Å². The SMILES string of the molecule is O=S(=O)(c1ccccc1C(F)(F)F)N1CCN(c2nc3ccccc3s2)CC1. The first-order chi connectivity index (χ1) is 13.3. The summed E-state index contributed by atoms with van der Waals surface area (Å²) in [6.07, 6.45) is -4.73. The minimum absolute atomic E-state index is 0.102. The van der Waals surface area contributed by atoms with E-state index in [-0.39, 0.29) is 13.1 Å². The van der Waals surface area contributed by atoms with E-state index in [0.29, 0.717) is 13.1 Å². The van der Waals surface area contributed by atoms with Gasteiger partial charge in [0, 0.05) is 26.2 Å². The summed E-state index contributed by atoms with van der Waals surface area (Å²) in [6, 6.07) is 12.0. The van der Waals surface area contributed by atoms with Crippen LogP contribution in [0.15, 0.2) is 53.4 Å². The number of benzene rings is 2. The zero-order valence-corrected chi connectivity index (χ0v) is 16.2. The number of sulfonamides is 1. The molecule has 1 aliphatic heterocycles. The van der Waals surface area contributed by atoms with Gasteiger partial charge >= 0.3 is 6.18 Å². The third-order valence-electron chi connectivity index (χ3n) is 4.60. The Morgan fingerprint density at radius 1 is 0.929 bits per heavy atom. The van der Waals surface area contributed by atoms with Crippen LogP contribution in [0.2, 0.25) is 0 Å². The number of piperazine rings is 1. The predicted molar refractivity (Wildman–Crippen MR) is 102 cm³/mol. The summed E-state index contributed by atoms with van der Waals surface area (Å²) in [4.78, 5) is 5.82. The highest BCUT2D eigenvalue weighted by Gasteiger charge is 2.39. The molecule has 0 spiro atoms. The summed E-state index contributed by atoms with van der Waals surface area (Å²) >= 11 is 1.51. The number of halogens is 3. The molecule has 0 aliphatic carbocycles. The van der Waals surface area contributed by atoms with E-state index in [1.165, 1.54) is 23.5 Å². The van der Waals surface area contributed by atoms with Crippen LogP contribution in [0.1, 0.15) is 5.56 Å². The minimum Gasteiger partial charge on any atom is -0.345 e. The van der Waals surface area contributed by atoms with Crippen LogP contribution in [-0.2, 0) is 16.2 Å². The number of fused-ring (bicyclic) bond motifs is 1. The lowest BCUT2D eigenvalue weighted by Gasteiger charge is -2.34. The van der Waals surface area contributed by atoms with Gasteiger partial charge in [-0.1, -0.05) is 35.6 Å². The molecular weight excluding hydrogens is 411 g/mol. The Labute approximate surface area is 164 Å². The van der Waals surface area contributed by atoms with Gasteiger partial charge < -0.3 is 4.90 Å². The number of hydrogen-bond acceptors (Lipinski definition) is 5. The van der Waals surface area contributed by atoms with Crippen molar-refractivity contribution >= 4 is 36.7 Å². The normalized spacial score (nSPS) is 16.6. The summed E-state index contributed by atoms with van der Waals surface area (Å²) in [5, 5.41) is 0.786. The second-order valence-electron chi connectivity index (χ2n) is 6.35. The smallest absolute Gasteiger partial charge is 0.345 e. The van der Waals surface area contributed by atoms with Crippen LogP contribution >= 0.6 is 11.3 Å². The number of anilines is 1. The Bertz CT molecular complexity index is 1070. The highest BCUT2D eigenvalue weighted by molar-refractivity contribution is 7.89. The van der Waals surface area contributed by atoms with Crippen molar-refractivity contribution in [3.8, 4) is 0 Å². The molecule has 2 aromatic carbocycles. The molecule has 0 amide bonds. The molecule has 10 heteroatoms. The zero-order valence-electron chi connectivity index (χ0n) is 14.6. The fraction of sp³-hybridized carbons (Fsp3) is 0.278. The second-order valence-corrected chi connectivity index (χ2v) is 9.26. The molecule has 5 nitrogen and oxygen atoms in total. The average molecular weight is 427 g/mol. The summed E-state index contributed by atoms with van der Waals surface area (Å²) in [6.45, 7) is 0.940. The largest absolute Gasteiger partial charge is 0.417 e. The van der Waals surface area contributed by atoms with Crippen LogP contribution in [0.3, 0.4) is 0 Å². The first-order valence-corrected chi connectivity index (χ1v) is 10.8. The molecule has 28 heavy (non-hydrogen) atoms. The van der Waals surface area contributed by atoms with Crippen molar-refractivity contribution in [1.82, 2.24) is 9.29 Å². The molecule has 1 saturated heterocycles. The maximum Gasteiger partial charge on any atom is 0.417 e. The second kappa shape index (κ2) is 7.02. The van der Waals surface area contributed by atoms with Gasteiger partial charge in [0.25, 0.3) is 0 Å². The van der Waals surface area contributed by atoms with Gasteiger partial charge in [-0.2, -0.15) is 17.5 Å². The lowest BCUT2D eigenvalue weighted by Crippen LogP contribution is -2.48. The molecule has 0 N–H and O–H groups in total. The van der Waals surface area contributed by atoms with E-state index in [1.54, 1.807) is 0 Å². The number of para-hydroxylation sites is 1. The molecule has 0 bridgehead atoms. The van der Waals surface area contributed by atoms with Crippen molar-refractivity contribution in [3.05, 3.63) is 54.1 Å². The molecule has 0 saturated carbocycles. The first-order valence-electron chi connectivity index (χ1n) is 8.54. The highest BCUT2D eigenvalue weighted by atomic mass is 32.2. The first kappa shape index (κ1) is 19.2. The number of nitrogens with zero attached hydrogens (tertiary/aromatic N) is 3. The van der Waals surface area contributed by atoms with E-state index in [4.69, 9.17) is 0 Å². The molecule has 4 rings (SSSR count). The average Bonchev–Trinajstić information content (AvgIpc) is 3.12. The monoisotopic (exact) mass is 427 g/mol. The number of alkyl halides is 3. The molecule has 0 unspecified atom stereocenters. The molecular formula is C18H16F3N3O2S2. The standard InChI is InChI=1S/C18H16F3N3O2S2/c19-18(20,21)13-5-1-4-8-16(13)28(25,26)24-11-9-23(10-12-24)17-22-14-6-2-3-7-15(14)27-17/h1-8H,9-12H2. The molecule has 1 fully saturated rings. The van der Waals surface area contributed by atoms with Gasteiger partial charge in [0.15, 0.2) is 5.13 Å². The Balaban J connectivity index is 1.55. The molecule has 148 valence electrons. The van der Waals surface area contributed by atoms with Gasteiger partial charge in [0.05, 0.1) is 20.7 Å². The minimum atomic E-state index is -4.73. The zero-order chi connectivity index (χ0) is 19.9. The molecule has 0 radical (unpaired) electrons. The van der Waals surface area contributed by atoms with Gasteiger partial charge in [-0.25, -0.2) is 13.4 Å². The van der Waals surface area contributed by atoms with Crippen molar-refractivity contribution < 1.29 is 21.6 Å². The van der Waals surface area contributed by atoms with Crippen molar-refractivity contribution in [2.45, 2.75) is 11.1 Å². The lowest BCUT2D eigenvalue weighted by atomic mass is 10.2. The number of hydrogen-bond donors (Lipinski definition) is 0. The fourth-order valence-corrected chi connectivity index (χ4v) is 5.83. The number of rotatable bonds is 3. The van der Waals surface area contributed by atoms with E-state index in [2.05, 4.69) is 4.98 Å². The maximum absolute atomic E-state index is 13.2. The summed E-state index contributed by atoms with van der Waals surface area (Å²) in [5.41, 5.74) is -0.264. The maximum atomic E-state index is 13.2. The predicted octanol–water partition coefficient (Wildman–Crippen LogP) is 3.83. The topological polar surface area (TPSA) is 53.5 Å². The van der Waals surface area contributed by atoms with E-state index in [9.17, 15) is 21.6 Å². The van der Waals surface area contributed by atoms with Crippen molar-refractivity contribution in [1.29, 1.82) is 0 Å². The van der Waals surface area contributed by atoms with Gasteiger partial charge in [-0.3, -0.25) is 0 Å². The Kier molecular flexibility index (Phi) is 4.80. The molecule has 0 atom stereocenters. The van der Waals surface area contributed by atoms with Gasteiger partial charge in [0.2, 0.25) is 10.0 Å². The van der Waals surface area contributed by atoms with Gasteiger partial charge in [-0.05, 0) is 24.3 Å². The number of aromatic nitrogens is 1. The van der Waals surface area contributed by atoms with Gasteiger partial charge in [-0.15, -0.1) is 0 Å². The lowest BCUT2D eigenvalue weighted by molar-refractivity contribution is -0.139. The Morgan fingerprint density at radius 3 is 2.25 bits per heavy atom. The van der Waals surface area contributed by atoms with E-state index in [0.717, 1.165) is 31.8 Å². The van der Waals surface area contributed by atoms with E-state index >= 15 is 0 Å². The van der Waals surface area contributed by atoms with Crippen LogP contribution in [0.25, 0.3) is 10.2 Å². The van der Waals surface area contributed by atoms with Gasteiger partial charge in [0.1, 0.15) is 0 Å². The van der Waals surface area contributed by atoms with Crippen LogP contribution < -0.4 is 4.90 Å².